The molecular weight excluding hydrogens is 486 g/mol. The van der Waals surface area contributed by atoms with E-state index in [0.717, 1.165) is 43.3 Å². The molecule has 3 aromatic carbocycles. The van der Waals surface area contributed by atoms with Crippen LogP contribution in [0.15, 0.2) is 72.8 Å². The number of piperazine rings is 1. The third-order valence-corrected chi connectivity index (χ3v) is 6.61. The second kappa shape index (κ2) is 13.1. The molecule has 1 N–H and O–H groups in total. The number of benzene rings is 3. The van der Waals surface area contributed by atoms with Gasteiger partial charge in [-0.1, -0.05) is 48.6 Å². The van der Waals surface area contributed by atoms with E-state index in [1.165, 1.54) is 5.56 Å². The summed E-state index contributed by atoms with van der Waals surface area (Å²) in [5.74, 6) is 1.46. The van der Waals surface area contributed by atoms with Gasteiger partial charge in [-0.3, -0.25) is 9.69 Å². The minimum Gasteiger partial charge on any atom is -0.497 e. The lowest BCUT2D eigenvalue weighted by atomic mass is 10.1. The molecule has 0 aromatic heterocycles. The highest BCUT2D eigenvalue weighted by Crippen LogP contribution is 2.29. The fourth-order valence-electron chi connectivity index (χ4n) is 4.20. The van der Waals surface area contributed by atoms with Crippen molar-refractivity contribution >= 4 is 28.8 Å². The lowest BCUT2D eigenvalue weighted by molar-refractivity contribution is -0.118. The van der Waals surface area contributed by atoms with Gasteiger partial charge in [0.1, 0.15) is 10.7 Å². The number of carbonyl (C=O) groups excluding carboxylic acids is 1. The lowest BCUT2D eigenvalue weighted by Gasteiger charge is -2.36. The van der Waals surface area contributed by atoms with Crippen molar-refractivity contribution in [1.29, 1.82) is 0 Å². The molecule has 194 valence electrons. The van der Waals surface area contributed by atoms with Gasteiger partial charge in [-0.2, -0.15) is 0 Å². The number of hydrogen-bond acceptors (Lipinski definition) is 6. The highest BCUT2D eigenvalue weighted by Gasteiger charge is 2.21. The van der Waals surface area contributed by atoms with Crippen LogP contribution in [0.5, 0.6) is 17.2 Å². The Balaban J connectivity index is 1.33. The summed E-state index contributed by atoms with van der Waals surface area (Å²) < 4.78 is 16.8. The zero-order chi connectivity index (χ0) is 26.0. The van der Waals surface area contributed by atoms with E-state index < -0.39 is 0 Å². The van der Waals surface area contributed by atoms with Crippen molar-refractivity contribution in [2.45, 2.75) is 13.5 Å². The largest absolute Gasteiger partial charge is 0.497 e. The van der Waals surface area contributed by atoms with Crippen LogP contribution in [0.25, 0.3) is 0 Å². The maximum atomic E-state index is 12.4. The molecule has 1 aliphatic heterocycles. The average Bonchev–Trinajstić information content (AvgIpc) is 2.93. The fraction of sp³-hybridized carbons (Fsp3) is 0.310. The third-order valence-electron chi connectivity index (χ3n) is 6.11. The number of anilines is 1. The molecular formula is C29H33N3O4S. The predicted octanol–water partition coefficient (Wildman–Crippen LogP) is 4.60. The zero-order valence-corrected chi connectivity index (χ0v) is 22.1. The normalized spacial score (nSPS) is 13.6. The topological polar surface area (TPSA) is 63.3 Å². The Morgan fingerprint density at radius 2 is 1.70 bits per heavy atom. The van der Waals surface area contributed by atoms with Gasteiger partial charge in [-0.25, -0.2) is 0 Å². The summed E-state index contributed by atoms with van der Waals surface area (Å²) in [4.78, 5) is 17.9. The average molecular weight is 520 g/mol. The molecule has 1 fully saturated rings. The van der Waals surface area contributed by atoms with Crippen LogP contribution in [-0.4, -0.2) is 67.2 Å². The van der Waals surface area contributed by atoms with E-state index in [1.807, 2.05) is 43.3 Å². The minimum atomic E-state index is -0.274. The summed E-state index contributed by atoms with van der Waals surface area (Å²) in [6, 6.07) is 23.4. The van der Waals surface area contributed by atoms with Crippen LogP contribution in [0.4, 0.5) is 5.69 Å². The van der Waals surface area contributed by atoms with Crippen LogP contribution in [0, 0.1) is 0 Å². The van der Waals surface area contributed by atoms with Crippen LogP contribution >= 0.6 is 12.2 Å². The first-order valence-corrected chi connectivity index (χ1v) is 12.9. The second-order valence-electron chi connectivity index (χ2n) is 8.72. The monoisotopic (exact) mass is 519 g/mol. The Morgan fingerprint density at radius 1 is 0.919 bits per heavy atom. The van der Waals surface area contributed by atoms with E-state index in [4.69, 9.17) is 26.4 Å². The molecule has 8 heteroatoms. The Labute approximate surface area is 223 Å². The van der Waals surface area contributed by atoms with Gasteiger partial charge in [0.05, 0.1) is 13.7 Å². The number of hydrogen-bond donors (Lipinski definition) is 1. The number of nitrogens with one attached hydrogen (secondary N) is 1. The van der Waals surface area contributed by atoms with E-state index in [0.29, 0.717) is 29.5 Å². The van der Waals surface area contributed by atoms with Crippen LogP contribution < -0.4 is 19.5 Å². The van der Waals surface area contributed by atoms with Gasteiger partial charge in [0, 0.05) is 50.0 Å². The molecule has 7 nitrogen and oxygen atoms in total. The number of thiocarbonyl (C=S) groups is 1. The molecule has 1 heterocycles. The summed E-state index contributed by atoms with van der Waals surface area (Å²) in [6.07, 6.45) is 0. The number of nitrogens with zero attached hydrogens (tertiary/aromatic N) is 2. The minimum absolute atomic E-state index is 0.148. The maximum Gasteiger partial charge on any atom is 0.262 e. The van der Waals surface area contributed by atoms with Gasteiger partial charge in [0.25, 0.3) is 5.91 Å². The molecule has 1 aliphatic rings. The first-order chi connectivity index (χ1) is 18.1. The molecule has 1 amide bonds. The highest BCUT2D eigenvalue weighted by atomic mass is 32.1. The molecule has 0 spiro atoms. The van der Waals surface area contributed by atoms with Crippen LogP contribution in [0.2, 0.25) is 0 Å². The van der Waals surface area contributed by atoms with E-state index in [2.05, 4.69) is 39.4 Å². The molecule has 0 radical (unpaired) electrons. The smallest absolute Gasteiger partial charge is 0.262 e. The molecule has 0 bridgehead atoms. The molecule has 0 unspecified atom stereocenters. The SMILES string of the molecule is CCOc1cc(C(=S)N2CCN(Cc3ccccc3)CC2)ccc1OCC(=O)Nc1cccc(OC)c1. The second-order valence-corrected chi connectivity index (χ2v) is 9.10. The first kappa shape index (κ1) is 26.4. The highest BCUT2D eigenvalue weighted by molar-refractivity contribution is 7.80. The van der Waals surface area contributed by atoms with Crippen LogP contribution in [0.3, 0.4) is 0 Å². The summed E-state index contributed by atoms with van der Waals surface area (Å²) >= 11 is 5.83. The van der Waals surface area contributed by atoms with Crippen molar-refractivity contribution in [3.05, 3.63) is 83.9 Å². The Hall–Kier alpha value is -3.62. The Kier molecular flexibility index (Phi) is 9.35. The molecule has 1 saturated heterocycles. The standard InChI is InChI=1S/C29H33N3O4S/c1-3-35-27-18-23(29(37)32-16-14-31(15-17-32)20-22-8-5-4-6-9-22)12-13-26(27)36-21-28(33)30-24-10-7-11-25(19-24)34-2/h4-13,18-19H,3,14-17,20-21H2,1-2H3,(H,30,33). The molecule has 3 aromatic rings. The van der Waals surface area contributed by atoms with Crippen molar-refractivity contribution in [2.24, 2.45) is 0 Å². The summed E-state index contributed by atoms with van der Waals surface area (Å²) in [6.45, 7) is 6.85. The van der Waals surface area contributed by atoms with Crippen LogP contribution in [0.1, 0.15) is 18.1 Å². The van der Waals surface area contributed by atoms with Gasteiger partial charge in [0.15, 0.2) is 18.1 Å². The fourth-order valence-corrected chi connectivity index (χ4v) is 4.51. The quantitative estimate of drug-likeness (QED) is 0.393. The van der Waals surface area contributed by atoms with Gasteiger partial charge in [-0.15, -0.1) is 0 Å². The van der Waals surface area contributed by atoms with E-state index in [9.17, 15) is 4.79 Å². The number of amides is 1. The predicted molar refractivity (Wildman–Crippen MR) is 150 cm³/mol. The van der Waals surface area contributed by atoms with Crippen molar-refractivity contribution < 1.29 is 19.0 Å². The summed E-state index contributed by atoms with van der Waals surface area (Å²) in [5, 5.41) is 2.81. The van der Waals surface area contributed by atoms with E-state index in [-0.39, 0.29) is 12.5 Å². The van der Waals surface area contributed by atoms with Gasteiger partial charge < -0.3 is 24.4 Å². The Morgan fingerprint density at radius 3 is 2.43 bits per heavy atom. The molecule has 0 atom stereocenters. The van der Waals surface area contributed by atoms with Gasteiger partial charge >= 0.3 is 0 Å². The lowest BCUT2D eigenvalue weighted by Crippen LogP contribution is -2.48. The van der Waals surface area contributed by atoms with Crippen molar-refractivity contribution in [3.63, 3.8) is 0 Å². The van der Waals surface area contributed by atoms with Crippen molar-refractivity contribution in [3.8, 4) is 17.2 Å². The molecule has 0 saturated carbocycles. The summed E-state index contributed by atoms with van der Waals surface area (Å²) in [7, 11) is 1.58. The first-order valence-electron chi connectivity index (χ1n) is 12.4. The summed E-state index contributed by atoms with van der Waals surface area (Å²) in [5.41, 5.74) is 2.87. The van der Waals surface area contributed by atoms with Crippen molar-refractivity contribution in [2.75, 3.05) is 51.8 Å². The molecule has 0 aliphatic carbocycles. The number of methoxy groups -OCH3 is 1. The van der Waals surface area contributed by atoms with Gasteiger partial charge in [0.2, 0.25) is 0 Å². The zero-order valence-electron chi connectivity index (χ0n) is 21.3. The third kappa shape index (κ3) is 7.44. The molecule has 37 heavy (non-hydrogen) atoms. The van der Waals surface area contributed by atoms with E-state index in [1.54, 1.807) is 19.2 Å². The number of rotatable bonds is 10. The van der Waals surface area contributed by atoms with Crippen LogP contribution in [-0.2, 0) is 11.3 Å². The van der Waals surface area contributed by atoms with Crippen molar-refractivity contribution in [1.82, 2.24) is 9.80 Å². The van der Waals surface area contributed by atoms with Gasteiger partial charge in [-0.05, 0) is 42.8 Å². The maximum absolute atomic E-state index is 12.4. The number of carbonyl (C=O) groups is 1. The molecule has 4 rings (SSSR count). The van der Waals surface area contributed by atoms with E-state index >= 15 is 0 Å². The Bertz CT molecular complexity index is 1200. The number of ether oxygens (including phenoxy) is 3.